The van der Waals surface area contributed by atoms with E-state index in [9.17, 15) is 4.79 Å². The number of anilines is 2. The summed E-state index contributed by atoms with van der Waals surface area (Å²) < 4.78 is 1.93. The maximum atomic E-state index is 12.4. The molecule has 0 spiro atoms. The van der Waals surface area contributed by atoms with Crippen molar-refractivity contribution in [3.05, 3.63) is 53.6 Å². The minimum absolute atomic E-state index is 0.0539. The van der Waals surface area contributed by atoms with Gasteiger partial charge in [0.05, 0.1) is 5.75 Å². The average Bonchev–Trinajstić information content (AvgIpc) is 3.11. The smallest absolute Gasteiger partial charge is 0.234 e. The number of rotatable bonds is 8. The third kappa shape index (κ3) is 5.02. The lowest BCUT2D eigenvalue weighted by atomic mass is 10.1. The number of thioether (sulfide) groups is 1. The number of hydrogen-bond donors (Lipinski definition) is 1. The van der Waals surface area contributed by atoms with Gasteiger partial charge < -0.3 is 14.8 Å². The van der Waals surface area contributed by atoms with Crippen LogP contribution in [0.5, 0.6) is 0 Å². The monoisotopic (exact) mass is 423 g/mol. The van der Waals surface area contributed by atoms with Crippen LogP contribution in [0.3, 0.4) is 0 Å². The number of amides is 1. The Bertz CT molecular complexity index is 1010. The molecule has 3 aromatic rings. The van der Waals surface area contributed by atoms with Gasteiger partial charge in [-0.15, -0.1) is 10.2 Å². The molecule has 0 aliphatic rings. The van der Waals surface area contributed by atoms with E-state index in [1.165, 1.54) is 17.4 Å². The van der Waals surface area contributed by atoms with Crippen LogP contribution in [-0.2, 0) is 11.8 Å². The first-order valence-corrected chi connectivity index (χ1v) is 11.2. The minimum atomic E-state index is -0.0539. The van der Waals surface area contributed by atoms with Crippen LogP contribution < -0.4 is 10.2 Å². The molecule has 0 atom stereocenters. The SMILES string of the molecule is CCN(CC)c1ccc(-c2nnc(SCC(=O)Nc3cc(C)ccc3C)n2C)cc1. The van der Waals surface area contributed by atoms with Crippen molar-refractivity contribution >= 4 is 29.0 Å². The zero-order chi connectivity index (χ0) is 21.7. The Balaban J connectivity index is 1.65. The number of benzene rings is 2. The summed E-state index contributed by atoms with van der Waals surface area (Å²) >= 11 is 1.38. The molecule has 2 aromatic carbocycles. The molecule has 6 nitrogen and oxygen atoms in total. The largest absolute Gasteiger partial charge is 0.372 e. The Hall–Kier alpha value is -2.80. The molecular weight excluding hydrogens is 394 g/mol. The fourth-order valence-corrected chi connectivity index (χ4v) is 4.00. The van der Waals surface area contributed by atoms with Crippen LogP contribution in [0, 0.1) is 13.8 Å². The second-order valence-corrected chi connectivity index (χ2v) is 8.18. The van der Waals surface area contributed by atoms with Gasteiger partial charge in [-0.25, -0.2) is 0 Å². The molecule has 1 amide bonds. The predicted molar refractivity (Wildman–Crippen MR) is 125 cm³/mol. The van der Waals surface area contributed by atoms with Crippen LogP contribution in [0.4, 0.5) is 11.4 Å². The maximum Gasteiger partial charge on any atom is 0.234 e. The van der Waals surface area contributed by atoms with Crippen LogP contribution in [0.25, 0.3) is 11.4 Å². The highest BCUT2D eigenvalue weighted by molar-refractivity contribution is 7.99. The van der Waals surface area contributed by atoms with E-state index in [1.54, 1.807) is 0 Å². The van der Waals surface area contributed by atoms with Gasteiger partial charge in [-0.05, 0) is 69.2 Å². The van der Waals surface area contributed by atoms with Crippen molar-refractivity contribution in [2.75, 3.05) is 29.1 Å². The van der Waals surface area contributed by atoms with Crippen LogP contribution >= 0.6 is 11.8 Å². The first-order chi connectivity index (χ1) is 14.4. The van der Waals surface area contributed by atoms with E-state index in [0.29, 0.717) is 5.16 Å². The molecule has 7 heteroatoms. The Kier molecular flexibility index (Phi) is 7.15. The zero-order valence-corrected chi connectivity index (χ0v) is 19.1. The Morgan fingerprint density at radius 1 is 1.07 bits per heavy atom. The number of aryl methyl sites for hydroxylation is 2. The zero-order valence-electron chi connectivity index (χ0n) is 18.3. The van der Waals surface area contributed by atoms with E-state index >= 15 is 0 Å². The van der Waals surface area contributed by atoms with Crippen molar-refractivity contribution in [1.82, 2.24) is 14.8 Å². The highest BCUT2D eigenvalue weighted by Gasteiger charge is 2.14. The molecule has 158 valence electrons. The molecule has 0 saturated heterocycles. The van der Waals surface area contributed by atoms with Crippen molar-refractivity contribution in [3.63, 3.8) is 0 Å². The molecule has 0 fully saturated rings. The number of aromatic nitrogens is 3. The number of nitrogens with one attached hydrogen (secondary N) is 1. The molecule has 0 bridgehead atoms. The lowest BCUT2D eigenvalue weighted by Gasteiger charge is -2.21. The summed E-state index contributed by atoms with van der Waals surface area (Å²) in [6, 6.07) is 14.4. The number of nitrogens with zero attached hydrogens (tertiary/aromatic N) is 4. The highest BCUT2D eigenvalue weighted by Crippen LogP contribution is 2.25. The lowest BCUT2D eigenvalue weighted by Crippen LogP contribution is -2.21. The van der Waals surface area contributed by atoms with Gasteiger partial charge in [-0.1, -0.05) is 23.9 Å². The summed E-state index contributed by atoms with van der Waals surface area (Å²) in [4.78, 5) is 14.7. The summed E-state index contributed by atoms with van der Waals surface area (Å²) in [6.07, 6.45) is 0. The Morgan fingerprint density at radius 3 is 2.43 bits per heavy atom. The maximum absolute atomic E-state index is 12.4. The quantitative estimate of drug-likeness (QED) is 0.533. The van der Waals surface area contributed by atoms with E-state index < -0.39 is 0 Å². The van der Waals surface area contributed by atoms with Crippen molar-refractivity contribution in [3.8, 4) is 11.4 Å². The van der Waals surface area contributed by atoms with E-state index in [2.05, 4.69) is 58.5 Å². The van der Waals surface area contributed by atoms with Crippen molar-refractivity contribution in [1.29, 1.82) is 0 Å². The molecule has 0 saturated carbocycles. The third-order valence-electron chi connectivity index (χ3n) is 5.09. The Labute approximate surface area is 182 Å². The van der Waals surface area contributed by atoms with Crippen LogP contribution in [-0.4, -0.2) is 39.5 Å². The Morgan fingerprint density at radius 2 is 1.77 bits per heavy atom. The molecule has 1 N–H and O–H groups in total. The van der Waals surface area contributed by atoms with Gasteiger partial charge in [-0.3, -0.25) is 4.79 Å². The first kappa shape index (κ1) is 21.9. The van der Waals surface area contributed by atoms with E-state index in [4.69, 9.17) is 0 Å². The highest BCUT2D eigenvalue weighted by atomic mass is 32.2. The fraction of sp³-hybridized carbons (Fsp3) is 0.348. The van der Waals surface area contributed by atoms with Gasteiger partial charge >= 0.3 is 0 Å². The van der Waals surface area contributed by atoms with E-state index in [-0.39, 0.29) is 11.7 Å². The summed E-state index contributed by atoms with van der Waals surface area (Å²) in [6.45, 7) is 10.3. The molecule has 30 heavy (non-hydrogen) atoms. The van der Waals surface area contributed by atoms with E-state index in [1.807, 2.05) is 43.7 Å². The second kappa shape index (κ2) is 9.80. The van der Waals surface area contributed by atoms with Gasteiger partial charge in [0, 0.05) is 37.1 Å². The standard InChI is InChI=1S/C23H29N5OS/c1-6-28(7-2)19-12-10-18(11-13-19)22-25-26-23(27(22)5)30-15-21(29)24-20-14-16(3)8-9-17(20)4/h8-14H,6-7,15H2,1-5H3,(H,24,29). The van der Waals surface area contributed by atoms with Crippen molar-refractivity contribution < 1.29 is 4.79 Å². The number of hydrogen-bond acceptors (Lipinski definition) is 5. The van der Waals surface area contributed by atoms with Crippen LogP contribution in [0.15, 0.2) is 47.6 Å². The van der Waals surface area contributed by atoms with E-state index in [0.717, 1.165) is 41.3 Å². The topological polar surface area (TPSA) is 63.1 Å². The van der Waals surface area contributed by atoms with Gasteiger partial charge in [0.1, 0.15) is 0 Å². The number of carbonyl (C=O) groups excluding carboxylic acids is 1. The lowest BCUT2D eigenvalue weighted by molar-refractivity contribution is -0.113. The molecule has 0 aliphatic heterocycles. The van der Waals surface area contributed by atoms with Crippen molar-refractivity contribution in [2.24, 2.45) is 7.05 Å². The molecule has 1 heterocycles. The fourth-order valence-electron chi connectivity index (χ4n) is 3.29. The molecular formula is C23H29N5OS. The molecule has 0 radical (unpaired) electrons. The molecule has 3 rings (SSSR count). The van der Waals surface area contributed by atoms with Gasteiger partial charge in [-0.2, -0.15) is 0 Å². The summed E-state index contributed by atoms with van der Waals surface area (Å²) in [5.41, 5.74) is 5.23. The van der Waals surface area contributed by atoms with Crippen LogP contribution in [0.2, 0.25) is 0 Å². The molecule has 1 aromatic heterocycles. The average molecular weight is 424 g/mol. The first-order valence-electron chi connectivity index (χ1n) is 10.2. The summed E-state index contributed by atoms with van der Waals surface area (Å²) in [7, 11) is 1.93. The number of carbonyl (C=O) groups is 1. The molecule has 0 unspecified atom stereocenters. The molecule has 0 aliphatic carbocycles. The summed E-state index contributed by atoms with van der Waals surface area (Å²) in [5, 5.41) is 12.3. The van der Waals surface area contributed by atoms with Crippen molar-refractivity contribution in [2.45, 2.75) is 32.9 Å². The van der Waals surface area contributed by atoms with Crippen LogP contribution in [0.1, 0.15) is 25.0 Å². The predicted octanol–water partition coefficient (Wildman–Crippen LogP) is 4.68. The van der Waals surface area contributed by atoms with Gasteiger partial charge in [0.2, 0.25) is 5.91 Å². The summed E-state index contributed by atoms with van der Waals surface area (Å²) in [5.74, 6) is 1.01. The van der Waals surface area contributed by atoms with Gasteiger partial charge in [0.15, 0.2) is 11.0 Å². The third-order valence-corrected chi connectivity index (χ3v) is 6.11. The van der Waals surface area contributed by atoms with Gasteiger partial charge in [0.25, 0.3) is 0 Å². The normalized spacial score (nSPS) is 10.8. The second-order valence-electron chi connectivity index (χ2n) is 7.24. The minimum Gasteiger partial charge on any atom is -0.372 e.